The molecular weight excluding hydrogens is 152 g/mol. The second-order valence-electron chi connectivity index (χ2n) is 3.50. The molecule has 0 radical (unpaired) electrons. The van der Waals surface area contributed by atoms with Crippen LogP contribution in [0.5, 0.6) is 0 Å². The van der Waals surface area contributed by atoms with Crippen LogP contribution < -0.4 is 0 Å². The summed E-state index contributed by atoms with van der Waals surface area (Å²) in [4.78, 5) is 0. The predicted molar refractivity (Wildman–Crippen MR) is 48.9 cm³/mol. The summed E-state index contributed by atoms with van der Waals surface area (Å²) in [6, 6.07) is 0. The number of ether oxygens (including phenoxy) is 2. The monoisotopic (exact) mass is 170 g/mol. The lowest BCUT2D eigenvalue weighted by Crippen LogP contribution is -2.39. The molecule has 1 rings (SSSR count). The van der Waals surface area contributed by atoms with Crippen LogP contribution in [0.4, 0.5) is 0 Å². The Labute approximate surface area is 74.6 Å². The third-order valence-electron chi connectivity index (χ3n) is 2.28. The Morgan fingerprint density at radius 1 is 1.50 bits per heavy atom. The number of hydrogen-bond acceptors (Lipinski definition) is 2. The molecule has 2 heteroatoms. The van der Waals surface area contributed by atoms with Gasteiger partial charge in [0.15, 0.2) is 5.79 Å². The van der Waals surface area contributed by atoms with E-state index in [1.165, 1.54) is 12.8 Å². The summed E-state index contributed by atoms with van der Waals surface area (Å²) in [5, 5.41) is 0. The van der Waals surface area contributed by atoms with Gasteiger partial charge in [-0.25, -0.2) is 0 Å². The fourth-order valence-electron chi connectivity index (χ4n) is 1.35. The highest BCUT2D eigenvalue weighted by molar-refractivity contribution is 4.87. The summed E-state index contributed by atoms with van der Waals surface area (Å²) >= 11 is 0. The maximum Gasteiger partial charge on any atom is 0.184 e. The molecule has 0 amide bonds. The topological polar surface area (TPSA) is 18.5 Å². The Morgan fingerprint density at radius 2 is 2.08 bits per heavy atom. The van der Waals surface area contributed by atoms with Gasteiger partial charge in [-0.05, 0) is 19.4 Å². The van der Waals surface area contributed by atoms with Crippen LogP contribution in [0, 0.1) is 5.92 Å². The largest absolute Gasteiger partial charge is 0.346 e. The smallest absolute Gasteiger partial charge is 0.184 e. The SMILES string of the molecule is C=CC1(C)OCC(CCC)CO1. The van der Waals surface area contributed by atoms with Gasteiger partial charge in [0.1, 0.15) is 0 Å². The van der Waals surface area contributed by atoms with Crippen molar-refractivity contribution < 1.29 is 9.47 Å². The van der Waals surface area contributed by atoms with Crippen molar-refractivity contribution in [2.45, 2.75) is 32.5 Å². The molecular formula is C10H18O2. The fourth-order valence-corrected chi connectivity index (χ4v) is 1.35. The molecule has 1 aliphatic heterocycles. The van der Waals surface area contributed by atoms with E-state index in [0.717, 1.165) is 13.2 Å². The first-order chi connectivity index (χ1) is 5.70. The highest BCUT2D eigenvalue weighted by Crippen LogP contribution is 2.24. The van der Waals surface area contributed by atoms with Crippen LogP contribution in [0.3, 0.4) is 0 Å². The Kier molecular flexibility index (Phi) is 3.29. The first-order valence-electron chi connectivity index (χ1n) is 4.61. The summed E-state index contributed by atoms with van der Waals surface area (Å²) in [6.07, 6.45) is 4.10. The van der Waals surface area contributed by atoms with Crippen molar-refractivity contribution in [3.8, 4) is 0 Å². The van der Waals surface area contributed by atoms with Crippen molar-refractivity contribution in [2.24, 2.45) is 5.92 Å². The van der Waals surface area contributed by atoms with Crippen molar-refractivity contribution in [1.29, 1.82) is 0 Å². The molecule has 0 aromatic rings. The zero-order valence-electron chi connectivity index (χ0n) is 8.01. The van der Waals surface area contributed by atoms with Crippen LogP contribution >= 0.6 is 0 Å². The minimum Gasteiger partial charge on any atom is -0.346 e. The third-order valence-corrected chi connectivity index (χ3v) is 2.28. The van der Waals surface area contributed by atoms with Gasteiger partial charge in [-0.15, -0.1) is 0 Å². The van der Waals surface area contributed by atoms with Crippen LogP contribution in [0.2, 0.25) is 0 Å². The van der Waals surface area contributed by atoms with Crippen LogP contribution in [0.1, 0.15) is 26.7 Å². The van der Waals surface area contributed by atoms with Crippen molar-refractivity contribution in [2.75, 3.05) is 13.2 Å². The van der Waals surface area contributed by atoms with E-state index in [4.69, 9.17) is 9.47 Å². The van der Waals surface area contributed by atoms with Crippen molar-refractivity contribution in [1.82, 2.24) is 0 Å². The first-order valence-corrected chi connectivity index (χ1v) is 4.61. The van der Waals surface area contributed by atoms with E-state index in [1.54, 1.807) is 6.08 Å². The summed E-state index contributed by atoms with van der Waals surface area (Å²) in [5.41, 5.74) is 0. The summed E-state index contributed by atoms with van der Waals surface area (Å²) < 4.78 is 11.1. The minimum absolute atomic E-state index is 0.537. The molecule has 0 bridgehead atoms. The van der Waals surface area contributed by atoms with E-state index in [2.05, 4.69) is 13.5 Å². The van der Waals surface area contributed by atoms with Gasteiger partial charge in [-0.3, -0.25) is 0 Å². The van der Waals surface area contributed by atoms with Gasteiger partial charge in [0.25, 0.3) is 0 Å². The Hall–Kier alpha value is -0.340. The van der Waals surface area contributed by atoms with Gasteiger partial charge in [0.05, 0.1) is 13.2 Å². The third kappa shape index (κ3) is 2.32. The highest BCUT2D eigenvalue weighted by Gasteiger charge is 2.29. The van der Waals surface area contributed by atoms with E-state index in [1.807, 2.05) is 6.92 Å². The second kappa shape index (κ2) is 4.06. The summed E-state index contributed by atoms with van der Waals surface area (Å²) in [5.74, 6) is 0.0348. The Balaban J connectivity index is 2.33. The van der Waals surface area contributed by atoms with Crippen LogP contribution in [0.25, 0.3) is 0 Å². The van der Waals surface area contributed by atoms with Crippen LogP contribution in [-0.4, -0.2) is 19.0 Å². The van der Waals surface area contributed by atoms with Crippen LogP contribution in [0.15, 0.2) is 12.7 Å². The van der Waals surface area contributed by atoms with E-state index in [9.17, 15) is 0 Å². The van der Waals surface area contributed by atoms with E-state index in [-0.39, 0.29) is 0 Å². The van der Waals surface area contributed by atoms with Gasteiger partial charge in [-0.1, -0.05) is 19.9 Å². The molecule has 70 valence electrons. The van der Waals surface area contributed by atoms with Gasteiger partial charge < -0.3 is 9.47 Å². The average Bonchev–Trinajstić information content (AvgIpc) is 2.10. The van der Waals surface area contributed by atoms with Crippen molar-refractivity contribution >= 4 is 0 Å². The summed E-state index contributed by atoms with van der Waals surface area (Å²) in [6.45, 7) is 9.37. The summed E-state index contributed by atoms with van der Waals surface area (Å²) in [7, 11) is 0. The molecule has 0 atom stereocenters. The Morgan fingerprint density at radius 3 is 2.50 bits per heavy atom. The molecule has 0 aromatic heterocycles. The standard InChI is InChI=1S/C10H18O2/c1-4-6-9-7-11-10(3,5-2)12-8-9/h5,9H,2,4,6-8H2,1,3H3. The molecule has 0 N–H and O–H groups in total. The second-order valence-corrected chi connectivity index (χ2v) is 3.50. The zero-order chi connectivity index (χ0) is 9.03. The molecule has 1 heterocycles. The van der Waals surface area contributed by atoms with Gasteiger partial charge in [-0.2, -0.15) is 0 Å². The van der Waals surface area contributed by atoms with Crippen molar-refractivity contribution in [3.63, 3.8) is 0 Å². The predicted octanol–water partition coefficient (Wildman–Crippen LogP) is 2.35. The molecule has 1 aliphatic rings. The van der Waals surface area contributed by atoms with Gasteiger partial charge in [0.2, 0.25) is 0 Å². The molecule has 2 nitrogen and oxygen atoms in total. The maximum atomic E-state index is 5.54. The molecule has 1 fully saturated rings. The normalized spacial score (nSPS) is 36.3. The number of rotatable bonds is 3. The van der Waals surface area contributed by atoms with E-state index < -0.39 is 5.79 Å². The Bertz CT molecular complexity index is 146. The van der Waals surface area contributed by atoms with Crippen molar-refractivity contribution in [3.05, 3.63) is 12.7 Å². The zero-order valence-corrected chi connectivity index (χ0v) is 8.01. The number of hydrogen-bond donors (Lipinski definition) is 0. The molecule has 0 spiro atoms. The van der Waals surface area contributed by atoms with E-state index >= 15 is 0 Å². The molecule has 0 aliphatic carbocycles. The molecule has 0 saturated carbocycles. The quantitative estimate of drug-likeness (QED) is 0.605. The molecule has 0 unspecified atom stereocenters. The first kappa shape index (κ1) is 9.75. The van der Waals surface area contributed by atoms with Crippen LogP contribution in [-0.2, 0) is 9.47 Å². The van der Waals surface area contributed by atoms with Gasteiger partial charge >= 0.3 is 0 Å². The molecule has 12 heavy (non-hydrogen) atoms. The lowest BCUT2D eigenvalue weighted by Gasteiger charge is -2.35. The molecule has 0 aromatic carbocycles. The van der Waals surface area contributed by atoms with E-state index in [0.29, 0.717) is 5.92 Å². The lowest BCUT2D eigenvalue weighted by atomic mass is 10.0. The fraction of sp³-hybridized carbons (Fsp3) is 0.800. The highest BCUT2D eigenvalue weighted by atomic mass is 16.7. The minimum atomic E-state index is -0.537. The molecule has 1 saturated heterocycles. The lowest BCUT2D eigenvalue weighted by molar-refractivity contribution is -0.244. The average molecular weight is 170 g/mol. The van der Waals surface area contributed by atoms with Gasteiger partial charge in [0, 0.05) is 5.92 Å². The maximum absolute atomic E-state index is 5.54.